The van der Waals surface area contributed by atoms with Crippen LogP contribution in [0.3, 0.4) is 0 Å². The Labute approximate surface area is 235 Å². The molecule has 0 heterocycles. The van der Waals surface area contributed by atoms with Crippen LogP contribution < -0.4 is 15.4 Å². The van der Waals surface area contributed by atoms with Crippen LogP contribution in [-0.2, 0) is 22.9 Å². The van der Waals surface area contributed by atoms with Crippen molar-refractivity contribution < 1.29 is 50.2 Å². The third kappa shape index (κ3) is 6.94. The van der Waals surface area contributed by atoms with E-state index in [1.165, 1.54) is 0 Å². The summed E-state index contributed by atoms with van der Waals surface area (Å²) in [5, 5.41) is 14.1. The molecular formula is C29H25F7N2O4. The third-order valence-electron chi connectivity index (χ3n) is 6.96. The molecule has 13 heteroatoms. The van der Waals surface area contributed by atoms with Crippen molar-refractivity contribution in [2.45, 2.75) is 56.0 Å². The SMILES string of the molecule is O=C(NC1CCCC1)NC(Cc1ccccc1)(c1cc(F)cc(C(F)(F)F)c1)c1ccc(F)c(OC(F)(F)C(=O)O)c1. The highest BCUT2D eigenvalue weighted by molar-refractivity contribution is 5.77. The Kier molecular flexibility index (Phi) is 8.69. The monoisotopic (exact) mass is 598 g/mol. The number of carbonyl (C=O) groups excluding carboxylic acids is 1. The quantitative estimate of drug-likeness (QED) is 0.238. The van der Waals surface area contributed by atoms with Crippen molar-refractivity contribution in [3.63, 3.8) is 0 Å². The molecule has 0 radical (unpaired) electrons. The fraction of sp³-hybridized carbons (Fsp3) is 0.310. The number of amides is 2. The summed E-state index contributed by atoms with van der Waals surface area (Å²) < 4.78 is 103. The lowest BCUT2D eigenvalue weighted by Gasteiger charge is -2.37. The second kappa shape index (κ2) is 11.9. The van der Waals surface area contributed by atoms with Crippen molar-refractivity contribution in [3.05, 3.63) is 101 Å². The van der Waals surface area contributed by atoms with Crippen LogP contribution in [0.4, 0.5) is 35.5 Å². The van der Waals surface area contributed by atoms with Gasteiger partial charge in [-0.05, 0) is 59.9 Å². The third-order valence-corrected chi connectivity index (χ3v) is 6.96. The predicted octanol–water partition coefficient (Wildman–Crippen LogP) is 6.77. The highest BCUT2D eigenvalue weighted by Crippen LogP contribution is 2.40. The van der Waals surface area contributed by atoms with E-state index in [1.807, 2.05) is 0 Å². The average Bonchev–Trinajstić information content (AvgIpc) is 3.42. The van der Waals surface area contributed by atoms with Gasteiger partial charge in [0.2, 0.25) is 0 Å². The van der Waals surface area contributed by atoms with Crippen molar-refractivity contribution in [1.29, 1.82) is 0 Å². The predicted molar refractivity (Wildman–Crippen MR) is 136 cm³/mol. The first-order valence-electron chi connectivity index (χ1n) is 12.8. The number of ether oxygens (including phenoxy) is 1. The van der Waals surface area contributed by atoms with Crippen molar-refractivity contribution >= 4 is 12.0 Å². The molecule has 1 aliphatic carbocycles. The van der Waals surface area contributed by atoms with E-state index in [0.29, 0.717) is 36.6 Å². The summed E-state index contributed by atoms with van der Waals surface area (Å²) >= 11 is 0. The zero-order chi connectivity index (χ0) is 30.7. The van der Waals surface area contributed by atoms with E-state index >= 15 is 0 Å². The number of benzene rings is 3. The molecule has 0 aliphatic heterocycles. The fourth-order valence-corrected chi connectivity index (χ4v) is 4.98. The Morgan fingerprint density at radius 3 is 2.12 bits per heavy atom. The van der Waals surface area contributed by atoms with Crippen LogP contribution >= 0.6 is 0 Å². The summed E-state index contributed by atoms with van der Waals surface area (Å²) in [4.78, 5) is 24.3. The van der Waals surface area contributed by atoms with Gasteiger partial charge in [-0.3, -0.25) is 0 Å². The van der Waals surface area contributed by atoms with Gasteiger partial charge < -0.3 is 20.5 Å². The second-order valence-electron chi connectivity index (χ2n) is 9.94. The smallest absolute Gasteiger partial charge is 0.474 e. The maximum absolute atomic E-state index is 14.8. The first-order chi connectivity index (χ1) is 19.7. The maximum atomic E-state index is 14.8. The Morgan fingerprint density at radius 1 is 0.857 bits per heavy atom. The lowest BCUT2D eigenvalue weighted by atomic mass is 9.77. The minimum Gasteiger partial charge on any atom is -0.474 e. The largest absolute Gasteiger partial charge is 0.502 e. The van der Waals surface area contributed by atoms with Gasteiger partial charge in [0.1, 0.15) is 5.82 Å². The van der Waals surface area contributed by atoms with Crippen molar-refractivity contribution in [1.82, 2.24) is 10.6 Å². The molecule has 1 aliphatic rings. The number of nitrogens with one attached hydrogen (secondary N) is 2. The number of hydrogen-bond acceptors (Lipinski definition) is 3. The molecule has 6 nitrogen and oxygen atoms in total. The number of rotatable bonds is 9. The van der Waals surface area contributed by atoms with E-state index < -0.39 is 58.3 Å². The number of aliphatic carboxylic acids is 1. The molecule has 224 valence electrons. The lowest BCUT2D eigenvalue weighted by Crippen LogP contribution is -2.53. The van der Waals surface area contributed by atoms with Gasteiger partial charge in [-0.15, -0.1) is 0 Å². The zero-order valence-corrected chi connectivity index (χ0v) is 21.8. The topological polar surface area (TPSA) is 87.7 Å². The molecule has 0 saturated heterocycles. The molecule has 0 bridgehead atoms. The number of halogens is 7. The fourth-order valence-electron chi connectivity index (χ4n) is 4.98. The molecule has 1 unspecified atom stereocenters. The van der Waals surface area contributed by atoms with E-state index in [1.54, 1.807) is 30.3 Å². The molecule has 42 heavy (non-hydrogen) atoms. The standard InChI is InChI=1S/C29H25F7N2O4/c30-21-13-19(12-20(14-21)28(32,33)34)27(16-17-6-2-1-3-7-17,38-26(41)37-22-8-4-5-9-22)18-10-11-23(31)24(15-18)42-29(35,36)25(39)40/h1-3,6-7,10-15,22H,4-5,8-9,16H2,(H,39,40)(H2,37,38,41). The van der Waals surface area contributed by atoms with E-state index in [2.05, 4.69) is 15.4 Å². The number of hydrogen-bond donors (Lipinski definition) is 3. The van der Waals surface area contributed by atoms with Crippen molar-refractivity contribution in [3.8, 4) is 5.75 Å². The molecule has 4 rings (SSSR count). The minimum absolute atomic E-state index is 0.252. The van der Waals surface area contributed by atoms with Crippen LogP contribution in [0.15, 0.2) is 66.7 Å². The number of carboxylic acid groups (broad SMARTS) is 1. The van der Waals surface area contributed by atoms with Crippen LogP contribution in [0.25, 0.3) is 0 Å². The lowest BCUT2D eigenvalue weighted by molar-refractivity contribution is -0.211. The first kappa shape index (κ1) is 30.7. The zero-order valence-electron chi connectivity index (χ0n) is 21.8. The Balaban J connectivity index is 1.96. The Hall–Kier alpha value is -4.29. The highest BCUT2D eigenvalue weighted by Gasteiger charge is 2.45. The van der Waals surface area contributed by atoms with E-state index in [4.69, 9.17) is 5.11 Å². The summed E-state index contributed by atoms with van der Waals surface area (Å²) in [5.41, 5.74) is -3.84. The van der Waals surface area contributed by atoms with Crippen molar-refractivity contribution in [2.75, 3.05) is 0 Å². The van der Waals surface area contributed by atoms with Crippen LogP contribution in [-0.4, -0.2) is 29.3 Å². The average molecular weight is 599 g/mol. The number of carbonyl (C=O) groups is 2. The van der Waals surface area contributed by atoms with Crippen LogP contribution in [0.5, 0.6) is 5.75 Å². The Bertz CT molecular complexity index is 1440. The molecule has 3 aromatic carbocycles. The summed E-state index contributed by atoms with van der Waals surface area (Å²) in [6, 6.07) is 10.7. The molecule has 1 fully saturated rings. The normalized spacial score (nSPS) is 15.6. The maximum Gasteiger partial charge on any atom is 0.502 e. The summed E-state index contributed by atoms with van der Waals surface area (Å²) in [6.07, 6.45) is -7.32. The molecule has 3 N–H and O–H groups in total. The van der Waals surface area contributed by atoms with Gasteiger partial charge >= 0.3 is 24.3 Å². The summed E-state index contributed by atoms with van der Waals surface area (Å²) in [5.74, 6) is -6.72. The number of alkyl halides is 5. The van der Waals surface area contributed by atoms with Gasteiger partial charge in [0.05, 0.1) is 11.1 Å². The van der Waals surface area contributed by atoms with Crippen molar-refractivity contribution in [2.24, 2.45) is 0 Å². The molecule has 3 aromatic rings. The second-order valence-corrected chi connectivity index (χ2v) is 9.94. The van der Waals surface area contributed by atoms with E-state index in [0.717, 1.165) is 25.0 Å². The summed E-state index contributed by atoms with van der Waals surface area (Å²) in [7, 11) is 0. The van der Waals surface area contributed by atoms with Gasteiger partial charge in [0, 0.05) is 12.5 Å². The minimum atomic E-state index is -5.01. The molecule has 0 spiro atoms. The first-order valence-corrected chi connectivity index (χ1v) is 12.8. The van der Waals surface area contributed by atoms with Gasteiger partial charge in [-0.2, -0.15) is 22.0 Å². The molecular weight excluding hydrogens is 573 g/mol. The number of urea groups is 1. The van der Waals surface area contributed by atoms with Gasteiger partial charge in [0.15, 0.2) is 11.6 Å². The molecule has 2 amide bonds. The van der Waals surface area contributed by atoms with Crippen LogP contribution in [0.2, 0.25) is 0 Å². The molecule has 1 saturated carbocycles. The number of carboxylic acids is 1. The Morgan fingerprint density at radius 2 is 1.50 bits per heavy atom. The van der Waals surface area contributed by atoms with Gasteiger partial charge in [0.25, 0.3) is 0 Å². The van der Waals surface area contributed by atoms with Gasteiger partial charge in [-0.25, -0.2) is 18.4 Å². The molecule has 1 atom stereocenters. The summed E-state index contributed by atoms with van der Waals surface area (Å²) in [6.45, 7) is 0. The van der Waals surface area contributed by atoms with E-state index in [9.17, 15) is 40.3 Å². The van der Waals surface area contributed by atoms with Crippen LogP contribution in [0.1, 0.15) is 47.9 Å². The van der Waals surface area contributed by atoms with Gasteiger partial charge in [-0.1, -0.05) is 49.2 Å². The molecule has 0 aromatic heterocycles. The van der Waals surface area contributed by atoms with Crippen LogP contribution in [0, 0.1) is 11.6 Å². The van der Waals surface area contributed by atoms with E-state index in [-0.39, 0.29) is 24.1 Å². The highest BCUT2D eigenvalue weighted by atomic mass is 19.4.